The predicted molar refractivity (Wildman–Crippen MR) is 77.4 cm³/mol. The van der Waals surface area contributed by atoms with Crippen LogP contribution in [0.15, 0.2) is 24.3 Å². The Hall–Kier alpha value is -0.900. The fraction of sp³-hybridized carbons (Fsp3) is 0.625. The van der Waals surface area contributed by atoms with Crippen molar-refractivity contribution in [2.24, 2.45) is 0 Å². The van der Waals surface area contributed by atoms with Gasteiger partial charge in [-0.2, -0.15) is 0 Å². The first-order valence-electron chi connectivity index (χ1n) is 7.39. The molecule has 0 aromatic heterocycles. The zero-order chi connectivity index (χ0) is 13.3. The van der Waals surface area contributed by atoms with E-state index in [1.165, 1.54) is 24.0 Å². The lowest BCUT2D eigenvalue weighted by molar-refractivity contribution is 0.0417. The summed E-state index contributed by atoms with van der Waals surface area (Å²) in [6.45, 7) is 6.15. The first-order chi connectivity index (χ1) is 9.42. The van der Waals surface area contributed by atoms with Crippen LogP contribution in [-0.4, -0.2) is 32.9 Å². The summed E-state index contributed by atoms with van der Waals surface area (Å²) >= 11 is 0. The molecule has 2 rings (SSSR count). The number of nitrogens with one attached hydrogen (secondary N) is 1. The van der Waals surface area contributed by atoms with Crippen molar-refractivity contribution in [1.29, 1.82) is 0 Å². The van der Waals surface area contributed by atoms with Gasteiger partial charge in [-0.25, -0.2) is 0 Å². The van der Waals surface area contributed by atoms with Crippen molar-refractivity contribution in [3.05, 3.63) is 35.4 Å². The number of ether oxygens (including phenoxy) is 2. The van der Waals surface area contributed by atoms with E-state index in [2.05, 4.69) is 29.6 Å². The quantitative estimate of drug-likeness (QED) is 0.732. The molecule has 3 heteroatoms. The van der Waals surface area contributed by atoms with E-state index in [9.17, 15) is 0 Å². The van der Waals surface area contributed by atoms with E-state index in [1.807, 2.05) is 6.92 Å². The van der Waals surface area contributed by atoms with Gasteiger partial charge in [0.2, 0.25) is 0 Å². The molecule has 1 aromatic rings. The summed E-state index contributed by atoms with van der Waals surface area (Å²) in [5.74, 6) is 0. The Labute approximate surface area is 116 Å². The van der Waals surface area contributed by atoms with Crippen molar-refractivity contribution in [3.8, 4) is 0 Å². The summed E-state index contributed by atoms with van der Waals surface area (Å²) in [4.78, 5) is 0. The van der Waals surface area contributed by atoms with Crippen LogP contribution in [-0.2, 0) is 15.9 Å². The van der Waals surface area contributed by atoms with Crippen molar-refractivity contribution in [2.45, 2.75) is 32.3 Å². The molecule has 0 radical (unpaired) electrons. The van der Waals surface area contributed by atoms with Gasteiger partial charge in [0, 0.05) is 19.7 Å². The fourth-order valence-electron chi connectivity index (χ4n) is 2.57. The van der Waals surface area contributed by atoms with Crippen molar-refractivity contribution in [2.75, 3.05) is 32.9 Å². The van der Waals surface area contributed by atoms with Gasteiger partial charge in [0.05, 0.1) is 19.3 Å². The summed E-state index contributed by atoms with van der Waals surface area (Å²) in [6, 6.07) is 8.67. The molecule has 1 unspecified atom stereocenters. The molecule has 0 spiro atoms. The average Bonchev–Trinajstić information content (AvgIpc) is 2.46. The Morgan fingerprint density at radius 3 is 2.95 bits per heavy atom. The SMILES string of the molecule is CCOCCNCCOC1CCCc2ccccc21. The molecule has 0 saturated heterocycles. The molecule has 0 saturated carbocycles. The Bertz CT molecular complexity index is 368. The van der Waals surface area contributed by atoms with E-state index in [4.69, 9.17) is 9.47 Å². The van der Waals surface area contributed by atoms with Crippen LogP contribution in [0.1, 0.15) is 37.0 Å². The number of fused-ring (bicyclic) bond motifs is 1. The van der Waals surface area contributed by atoms with Gasteiger partial charge in [-0.3, -0.25) is 0 Å². The summed E-state index contributed by atoms with van der Waals surface area (Å²) in [7, 11) is 0. The van der Waals surface area contributed by atoms with Gasteiger partial charge in [0.25, 0.3) is 0 Å². The third kappa shape index (κ3) is 4.60. The highest BCUT2D eigenvalue weighted by Gasteiger charge is 2.19. The first kappa shape index (κ1) is 14.5. The molecule has 1 aromatic carbocycles. The lowest BCUT2D eigenvalue weighted by atomic mass is 9.89. The van der Waals surface area contributed by atoms with Gasteiger partial charge in [-0.15, -0.1) is 0 Å². The number of hydrogen-bond donors (Lipinski definition) is 1. The third-order valence-corrected chi connectivity index (χ3v) is 3.54. The Morgan fingerprint density at radius 1 is 1.21 bits per heavy atom. The third-order valence-electron chi connectivity index (χ3n) is 3.54. The van der Waals surface area contributed by atoms with Crippen LogP contribution in [0.4, 0.5) is 0 Å². The van der Waals surface area contributed by atoms with E-state index in [0.29, 0.717) is 6.10 Å². The van der Waals surface area contributed by atoms with E-state index in [1.54, 1.807) is 0 Å². The van der Waals surface area contributed by atoms with Crippen LogP contribution >= 0.6 is 0 Å². The van der Waals surface area contributed by atoms with E-state index < -0.39 is 0 Å². The lowest BCUT2D eigenvalue weighted by Gasteiger charge is -2.25. The Balaban J connectivity index is 1.67. The molecule has 0 bridgehead atoms. The first-order valence-corrected chi connectivity index (χ1v) is 7.39. The second-order valence-corrected chi connectivity index (χ2v) is 4.90. The highest BCUT2D eigenvalue weighted by molar-refractivity contribution is 5.31. The van der Waals surface area contributed by atoms with Gasteiger partial charge in [-0.1, -0.05) is 24.3 Å². The molecular formula is C16H25NO2. The van der Waals surface area contributed by atoms with Gasteiger partial charge < -0.3 is 14.8 Å². The van der Waals surface area contributed by atoms with Crippen molar-refractivity contribution < 1.29 is 9.47 Å². The monoisotopic (exact) mass is 263 g/mol. The number of rotatable bonds is 8. The molecule has 0 fully saturated rings. The van der Waals surface area contributed by atoms with Crippen LogP contribution in [0, 0.1) is 0 Å². The summed E-state index contributed by atoms with van der Waals surface area (Å²) < 4.78 is 11.3. The standard InChI is InChI=1S/C16H25NO2/c1-2-18-12-10-17-11-13-19-16-9-5-7-14-6-3-4-8-15(14)16/h3-4,6,8,16-17H,2,5,7,9-13H2,1H3. The summed E-state index contributed by atoms with van der Waals surface area (Å²) in [5, 5.41) is 3.33. The fourth-order valence-corrected chi connectivity index (χ4v) is 2.57. The predicted octanol–water partition coefficient (Wildman–Crippen LogP) is 2.71. The van der Waals surface area contributed by atoms with Crippen molar-refractivity contribution >= 4 is 0 Å². The van der Waals surface area contributed by atoms with Crippen molar-refractivity contribution in [3.63, 3.8) is 0 Å². The van der Waals surface area contributed by atoms with Gasteiger partial charge >= 0.3 is 0 Å². The highest BCUT2D eigenvalue weighted by Crippen LogP contribution is 2.31. The normalized spacial score (nSPS) is 18.3. The second kappa shape index (κ2) is 8.31. The van der Waals surface area contributed by atoms with Crippen LogP contribution in [0.5, 0.6) is 0 Å². The molecule has 3 nitrogen and oxygen atoms in total. The van der Waals surface area contributed by atoms with Crippen molar-refractivity contribution in [1.82, 2.24) is 5.32 Å². The summed E-state index contributed by atoms with van der Waals surface area (Å²) in [5.41, 5.74) is 2.85. The molecule has 1 aliphatic rings. The van der Waals surface area contributed by atoms with Crippen LogP contribution in [0.25, 0.3) is 0 Å². The smallest absolute Gasteiger partial charge is 0.0828 e. The Kier molecular flexibility index (Phi) is 6.34. The zero-order valence-electron chi connectivity index (χ0n) is 11.9. The largest absolute Gasteiger partial charge is 0.380 e. The van der Waals surface area contributed by atoms with E-state index in [-0.39, 0.29) is 0 Å². The van der Waals surface area contributed by atoms with Gasteiger partial charge in [0.1, 0.15) is 0 Å². The van der Waals surface area contributed by atoms with E-state index >= 15 is 0 Å². The molecular weight excluding hydrogens is 238 g/mol. The topological polar surface area (TPSA) is 30.5 Å². The molecule has 1 atom stereocenters. The average molecular weight is 263 g/mol. The minimum absolute atomic E-state index is 0.290. The maximum atomic E-state index is 6.01. The van der Waals surface area contributed by atoms with Gasteiger partial charge in [0.15, 0.2) is 0 Å². The minimum atomic E-state index is 0.290. The lowest BCUT2D eigenvalue weighted by Crippen LogP contribution is -2.25. The van der Waals surface area contributed by atoms with Crippen LogP contribution < -0.4 is 5.32 Å². The molecule has 0 amide bonds. The molecule has 0 aliphatic heterocycles. The molecule has 1 N–H and O–H groups in total. The zero-order valence-corrected chi connectivity index (χ0v) is 11.9. The molecule has 106 valence electrons. The minimum Gasteiger partial charge on any atom is -0.380 e. The summed E-state index contributed by atoms with van der Waals surface area (Å²) in [6.07, 6.45) is 3.87. The number of benzene rings is 1. The van der Waals surface area contributed by atoms with Gasteiger partial charge in [-0.05, 0) is 37.3 Å². The highest BCUT2D eigenvalue weighted by atomic mass is 16.5. The van der Waals surface area contributed by atoms with Crippen LogP contribution in [0.2, 0.25) is 0 Å². The second-order valence-electron chi connectivity index (χ2n) is 4.90. The number of aryl methyl sites for hydroxylation is 1. The molecule has 1 aliphatic carbocycles. The maximum Gasteiger partial charge on any atom is 0.0828 e. The van der Waals surface area contributed by atoms with E-state index in [0.717, 1.165) is 39.3 Å². The number of hydrogen-bond acceptors (Lipinski definition) is 3. The maximum absolute atomic E-state index is 6.01. The molecule has 0 heterocycles. The van der Waals surface area contributed by atoms with Crippen LogP contribution in [0.3, 0.4) is 0 Å². The molecule has 19 heavy (non-hydrogen) atoms. The Morgan fingerprint density at radius 2 is 2.05 bits per heavy atom.